The summed E-state index contributed by atoms with van der Waals surface area (Å²) in [5.41, 5.74) is 2.15. The van der Waals surface area contributed by atoms with Gasteiger partial charge in [0.2, 0.25) is 0 Å². The lowest BCUT2D eigenvalue weighted by atomic mass is 10.1. The second kappa shape index (κ2) is 5.97. The third-order valence-electron chi connectivity index (χ3n) is 3.50. The summed E-state index contributed by atoms with van der Waals surface area (Å²) in [6, 6.07) is 0. The Labute approximate surface area is 108 Å². The van der Waals surface area contributed by atoms with E-state index in [0.29, 0.717) is 0 Å². The van der Waals surface area contributed by atoms with E-state index in [2.05, 4.69) is 24.2 Å². The van der Waals surface area contributed by atoms with Crippen LogP contribution in [0.15, 0.2) is 0 Å². The maximum Gasteiger partial charge on any atom is 0.263 e. The van der Waals surface area contributed by atoms with Crippen LogP contribution in [0.3, 0.4) is 0 Å². The summed E-state index contributed by atoms with van der Waals surface area (Å²) in [7, 11) is 0. The zero-order chi connectivity index (χ0) is 13.1. The first-order chi connectivity index (χ1) is 8.58. The van der Waals surface area contributed by atoms with Crippen molar-refractivity contribution in [3.05, 3.63) is 0 Å². The molecule has 18 heavy (non-hydrogen) atoms. The van der Waals surface area contributed by atoms with Gasteiger partial charge in [-0.05, 0) is 26.7 Å². The number of ether oxygens (including phenoxy) is 2. The molecule has 2 aliphatic heterocycles. The number of nitrogens with one attached hydrogen (secondary N) is 1. The first kappa shape index (κ1) is 13.7. The second-order valence-corrected chi connectivity index (χ2v) is 5.31. The Morgan fingerprint density at radius 1 is 1.28 bits per heavy atom. The average molecular weight is 257 g/mol. The van der Waals surface area contributed by atoms with E-state index in [1.165, 1.54) is 0 Å². The molecule has 3 N–H and O–H groups in total. The normalized spacial score (nSPS) is 37.7. The number of carbonyl (C=O) groups excluding carboxylic acids is 1. The molecule has 0 aromatic rings. The van der Waals surface area contributed by atoms with E-state index in [9.17, 15) is 4.79 Å². The zero-order valence-corrected chi connectivity index (χ0v) is 11.1. The number of nitrogens with two attached hydrogens (primary N) is 1. The first-order valence-corrected chi connectivity index (χ1v) is 6.62. The molecule has 2 rings (SSSR count). The molecule has 0 spiro atoms. The molecule has 104 valence electrons. The zero-order valence-electron chi connectivity index (χ0n) is 11.1. The van der Waals surface area contributed by atoms with Crippen molar-refractivity contribution in [3.63, 3.8) is 0 Å². The van der Waals surface area contributed by atoms with Crippen LogP contribution < -0.4 is 11.3 Å². The molecule has 2 aliphatic rings. The van der Waals surface area contributed by atoms with Crippen molar-refractivity contribution in [1.82, 2.24) is 10.3 Å². The summed E-state index contributed by atoms with van der Waals surface area (Å²) in [4.78, 5) is 13.7. The Balaban J connectivity index is 1.79. The minimum atomic E-state index is -0.379. The van der Waals surface area contributed by atoms with E-state index in [1.54, 1.807) is 0 Å². The predicted molar refractivity (Wildman–Crippen MR) is 66.7 cm³/mol. The number of hydrazine groups is 1. The summed E-state index contributed by atoms with van der Waals surface area (Å²) in [5.74, 6) is 4.89. The van der Waals surface area contributed by atoms with E-state index >= 15 is 0 Å². The van der Waals surface area contributed by atoms with E-state index in [4.69, 9.17) is 15.3 Å². The molecule has 4 unspecified atom stereocenters. The van der Waals surface area contributed by atoms with E-state index in [0.717, 1.165) is 32.5 Å². The largest absolute Gasteiger partial charge is 0.373 e. The van der Waals surface area contributed by atoms with Crippen molar-refractivity contribution in [2.24, 2.45) is 5.84 Å². The van der Waals surface area contributed by atoms with Gasteiger partial charge in [0.1, 0.15) is 6.10 Å². The van der Waals surface area contributed by atoms with E-state index in [1.807, 2.05) is 0 Å². The van der Waals surface area contributed by atoms with Gasteiger partial charge in [-0.2, -0.15) is 0 Å². The van der Waals surface area contributed by atoms with Crippen molar-refractivity contribution in [3.8, 4) is 0 Å². The van der Waals surface area contributed by atoms with Crippen molar-refractivity contribution < 1.29 is 14.3 Å². The monoisotopic (exact) mass is 257 g/mol. The van der Waals surface area contributed by atoms with Crippen LogP contribution >= 0.6 is 0 Å². The quantitative estimate of drug-likeness (QED) is 0.410. The highest BCUT2D eigenvalue weighted by Crippen LogP contribution is 2.22. The van der Waals surface area contributed by atoms with Gasteiger partial charge in [-0.15, -0.1) is 0 Å². The highest BCUT2D eigenvalue weighted by Gasteiger charge is 2.32. The Kier molecular flexibility index (Phi) is 4.55. The molecule has 0 aromatic heterocycles. The fraction of sp³-hybridized carbons (Fsp3) is 0.917. The van der Waals surface area contributed by atoms with Gasteiger partial charge in [0, 0.05) is 19.6 Å². The van der Waals surface area contributed by atoms with E-state index in [-0.39, 0.29) is 30.3 Å². The summed E-state index contributed by atoms with van der Waals surface area (Å²) in [6.07, 6.45) is 1.94. The molecule has 6 nitrogen and oxygen atoms in total. The van der Waals surface area contributed by atoms with Gasteiger partial charge in [0.05, 0.1) is 18.3 Å². The topological polar surface area (TPSA) is 76.8 Å². The number of morpholine rings is 1. The van der Waals surface area contributed by atoms with Gasteiger partial charge in [-0.1, -0.05) is 0 Å². The maximum absolute atomic E-state index is 11.4. The van der Waals surface area contributed by atoms with Gasteiger partial charge < -0.3 is 9.47 Å². The number of carbonyl (C=O) groups is 1. The van der Waals surface area contributed by atoms with Crippen LogP contribution in [-0.2, 0) is 14.3 Å². The lowest BCUT2D eigenvalue weighted by Gasteiger charge is -2.36. The second-order valence-electron chi connectivity index (χ2n) is 5.31. The predicted octanol–water partition coefficient (Wildman–Crippen LogP) is -0.367. The SMILES string of the molecule is CC1CN(CC2CCC(C(=O)NN)O2)CC(C)O1. The minimum absolute atomic E-state index is 0.129. The summed E-state index contributed by atoms with van der Waals surface area (Å²) in [5, 5.41) is 0. The molecule has 6 heteroatoms. The van der Waals surface area contributed by atoms with Crippen LogP contribution in [0.2, 0.25) is 0 Å². The third-order valence-corrected chi connectivity index (χ3v) is 3.50. The number of hydrogen-bond donors (Lipinski definition) is 2. The first-order valence-electron chi connectivity index (χ1n) is 6.62. The molecular formula is C12H23N3O3. The van der Waals surface area contributed by atoms with Crippen LogP contribution in [0.5, 0.6) is 0 Å². The molecule has 0 aromatic carbocycles. The molecule has 1 amide bonds. The van der Waals surface area contributed by atoms with Crippen LogP contribution in [0.1, 0.15) is 26.7 Å². The summed E-state index contributed by atoms with van der Waals surface area (Å²) >= 11 is 0. The lowest BCUT2D eigenvalue weighted by molar-refractivity contribution is -0.133. The molecule has 2 fully saturated rings. The number of rotatable bonds is 3. The van der Waals surface area contributed by atoms with Gasteiger partial charge in [0.25, 0.3) is 5.91 Å². The molecule has 0 aliphatic carbocycles. The highest BCUT2D eigenvalue weighted by molar-refractivity contribution is 5.80. The van der Waals surface area contributed by atoms with Crippen molar-refractivity contribution >= 4 is 5.91 Å². The fourth-order valence-electron chi connectivity index (χ4n) is 2.85. The number of hydrogen-bond acceptors (Lipinski definition) is 5. The van der Waals surface area contributed by atoms with Gasteiger partial charge in [-0.25, -0.2) is 5.84 Å². The molecule has 4 atom stereocenters. The lowest BCUT2D eigenvalue weighted by Crippen LogP contribution is -2.48. The number of amides is 1. The van der Waals surface area contributed by atoms with Crippen molar-refractivity contribution in [2.45, 2.75) is 51.1 Å². The Hall–Kier alpha value is -0.690. The molecule has 2 saturated heterocycles. The third kappa shape index (κ3) is 3.41. The molecule has 2 heterocycles. The Morgan fingerprint density at radius 3 is 2.56 bits per heavy atom. The molecular weight excluding hydrogens is 234 g/mol. The molecule has 0 radical (unpaired) electrons. The fourth-order valence-corrected chi connectivity index (χ4v) is 2.85. The van der Waals surface area contributed by atoms with Crippen LogP contribution in [0, 0.1) is 0 Å². The maximum atomic E-state index is 11.4. The van der Waals surface area contributed by atoms with Crippen LogP contribution in [0.25, 0.3) is 0 Å². The summed E-state index contributed by atoms with van der Waals surface area (Å²) < 4.78 is 11.4. The van der Waals surface area contributed by atoms with Crippen molar-refractivity contribution in [2.75, 3.05) is 19.6 Å². The van der Waals surface area contributed by atoms with Gasteiger partial charge >= 0.3 is 0 Å². The average Bonchev–Trinajstić information content (AvgIpc) is 2.75. The smallest absolute Gasteiger partial charge is 0.263 e. The standard InChI is InChI=1S/C12H23N3O3/c1-8-5-15(6-9(2)17-8)7-10-3-4-11(18-10)12(16)14-13/h8-11H,3-7,13H2,1-2H3,(H,14,16). The van der Waals surface area contributed by atoms with E-state index < -0.39 is 0 Å². The highest BCUT2D eigenvalue weighted by atomic mass is 16.5. The minimum Gasteiger partial charge on any atom is -0.373 e. The molecule has 0 bridgehead atoms. The van der Waals surface area contributed by atoms with Crippen LogP contribution in [-0.4, -0.2) is 54.9 Å². The Bertz CT molecular complexity index is 290. The van der Waals surface area contributed by atoms with Crippen LogP contribution in [0.4, 0.5) is 0 Å². The number of nitrogens with zero attached hydrogens (tertiary/aromatic N) is 1. The van der Waals surface area contributed by atoms with Gasteiger partial charge in [-0.3, -0.25) is 15.1 Å². The van der Waals surface area contributed by atoms with Gasteiger partial charge in [0.15, 0.2) is 0 Å². The van der Waals surface area contributed by atoms with Crippen molar-refractivity contribution in [1.29, 1.82) is 0 Å². The summed E-state index contributed by atoms with van der Waals surface area (Å²) in [6.45, 7) is 6.90. The molecule has 0 saturated carbocycles. The Morgan fingerprint density at radius 2 is 1.94 bits per heavy atom.